The molecule has 0 atom stereocenters. The number of fused-ring (bicyclic) bond motifs is 1. The number of benzene rings is 1. The number of hydrogen-bond acceptors (Lipinski definition) is 3. The van der Waals surface area contributed by atoms with Gasteiger partial charge in [-0.05, 0) is 36.5 Å². The largest absolute Gasteiger partial charge is 0.398 e. The SMILES string of the molecule is CC1(CNc2ccc(N)c3cnccc23)CC1. The van der Waals surface area contributed by atoms with Gasteiger partial charge in [-0.25, -0.2) is 0 Å². The van der Waals surface area contributed by atoms with Gasteiger partial charge in [0.1, 0.15) is 0 Å². The Morgan fingerprint density at radius 2 is 2.12 bits per heavy atom. The monoisotopic (exact) mass is 227 g/mol. The highest BCUT2D eigenvalue weighted by atomic mass is 14.9. The van der Waals surface area contributed by atoms with Gasteiger partial charge in [0.15, 0.2) is 0 Å². The van der Waals surface area contributed by atoms with E-state index in [1.165, 1.54) is 12.8 Å². The topological polar surface area (TPSA) is 50.9 Å². The average Bonchev–Trinajstić information content (AvgIpc) is 3.08. The molecule has 88 valence electrons. The number of nitrogens with two attached hydrogens (primary N) is 1. The minimum absolute atomic E-state index is 0.501. The molecule has 3 heteroatoms. The molecule has 1 saturated carbocycles. The van der Waals surface area contributed by atoms with E-state index < -0.39 is 0 Å². The summed E-state index contributed by atoms with van der Waals surface area (Å²) in [4.78, 5) is 4.13. The molecule has 0 radical (unpaired) electrons. The van der Waals surface area contributed by atoms with E-state index in [0.29, 0.717) is 5.41 Å². The minimum Gasteiger partial charge on any atom is -0.398 e. The van der Waals surface area contributed by atoms with E-state index in [1.54, 1.807) is 0 Å². The van der Waals surface area contributed by atoms with Gasteiger partial charge >= 0.3 is 0 Å². The van der Waals surface area contributed by atoms with Gasteiger partial charge in [0.05, 0.1) is 0 Å². The first-order valence-electron chi connectivity index (χ1n) is 6.04. The van der Waals surface area contributed by atoms with Crippen LogP contribution in [0.1, 0.15) is 19.8 Å². The van der Waals surface area contributed by atoms with Crippen LogP contribution >= 0.6 is 0 Å². The second kappa shape index (κ2) is 3.62. The van der Waals surface area contributed by atoms with Crippen LogP contribution in [-0.2, 0) is 0 Å². The molecule has 0 saturated heterocycles. The fourth-order valence-corrected chi connectivity index (χ4v) is 2.06. The standard InChI is InChI=1S/C14H17N3/c1-14(5-6-14)9-17-13-3-2-12(15)11-8-16-7-4-10(11)13/h2-4,7-8,17H,5-6,9,15H2,1H3. The fourth-order valence-electron chi connectivity index (χ4n) is 2.06. The van der Waals surface area contributed by atoms with Crippen molar-refractivity contribution in [3.63, 3.8) is 0 Å². The predicted molar refractivity (Wildman–Crippen MR) is 72.0 cm³/mol. The van der Waals surface area contributed by atoms with E-state index in [9.17, 15) is 0 Å². The summed E-state index contributed by atoms with van der Waals surface area (Å²) in [6, 6.07) is 6.02. The van der Waals surface area contributed by atoms with Crippen LogP contribution in [0.2, 0.25) is 0 Å². The number of anilines is 2. The summed E-state index contributed by atoms with van der Waals surface area (Å²) in [5.74, 6) is 0. The highest BCUT2D eigenvalue weighted by molar-refractivity contribution is 6.00. The Balaban J connectivity index is 1.96. The molecule has 3 rings (SSSR count). The normalized spacial score (nSPS) is 17.0. The van der Waals surface area contributed by atoms with Gasteiger partial charge in [-0.15, -0.1) is 0 Å². The van der Waals surface area contributed by atoms with Gasteiger partial charge in [0.2, 0.25) is 0 Å². The van der Waals surface area contributed by atoms with Gasteiger partial charge in [-0.2, -0.15) is 0 Å². The lowest BCUT2D eigenvalue weighted by atomic mass is 10.1. The van der Waals surface area contributed by atoms with E-state index in [4.69, 9.17) is 5.73 Å². The molecule has 2 aromatic rings. The minimum atomic E-state index is 0.501. The summed E-state index contributed by atoms with van der Waals surface area (Å²) >= 11 is 0. The smallest absolute Gasteiger partial charge is 0.0422 e. The van der Waals surface area contributed by atoms with Crippen molar-refractivity contribution in [3.8, 4) is 0 Å². The van der Waals surface area contributed by atoms with Crippen LogP contribution in [-0.4, -0.2) is 11.5 Å². The maximum atomic E-state index is 5.95. The summed E-state index contributed by atoms with van der Waals surface area (Å²) in [6.45, 7) is 3.36. The molecule has 3 nitrogen and oxygen atoms in total. The average molecular weight is 227 g/mol. The first-order chi connectivity index (χ1) is 8.18. The molecule has 17 heavy (non-hydrogen) atoms. The Kier molecular flexibility index (Phi) is 2.21. The predicted octanol–water partition coefficient (Wildman–Crippen LogP) is 3.03. The van der Waals surface area contributed by atoms with Crippen LogP contribution in [0.3, 0.4) is 0 Å². The highest BCUT2D eigenvalue weighted by Gasteiger charge is 2.36. The third-order valence-corrected chi connectivity index (χ3v) is 3.66. The Bertz CT molecular complexity index is 558. The molecule has 1 heterocycles. The molecule has 1 aliphatic carbocycles. The molecule has 0 aliphatic heterocycles. The Morgan fingerprint density at radius 3 is 2.88 bits per heavy atom. The van der Waals surface area contributed by atoms with Crippen molar-refractivity contribution < 1.29 is 0 Å². The molecule has 1 fully saturated rings. The fraction of sp³-hybridized carbons (Fsp3) is 0.357. The first kappa shape index (κ1) is 10.4. The number of nitrogens with zero attached hydrogens (tertiary/aromatic N) is 1. The zero-order valence-electron chi connectivity index (χ0n) is 10.0. The number of hydrogen-bond donors (Lipinski definition) is 2. The van der Waals surface area contributed by atoms with Crippen LogP contribution in [0.4, 0.5) is 11.4 Å². The van der Waals surface area contributed by atoms with Crippen LogP contribution in [0, 0.1) is 5.41 Å². The summed E-state index contributed by atoms with van der Waals surface area (Å²) in [6.07, 6.45) is 6.30. The third kappa shape index (κ3) is 1.93. The summed E-state index contributed by atoms with van der Waals surface area (Å²) in [5.41, 5.74) is 8.40. The van der Waals surface area contributed by atoms with Gasteiger partial charge in [0, 0.05) is 41.1 Å². The number of pyridine rings is 1. The Labute approximate surface area is 101 Å². The van der Waals surface area contributed by atoms with E-state index in [-0.39, 0.29) is 0 Å². The second-order valence-corrected chi connectivity index (χ2v) is 5.29. The third-order valence-electron chi connectivity index (χ3n) is 3.66. The molecule has 1 aromatic heterocycles. The number of aromatic nitrogens is 1. The van der Waals surface area contributed by atoms with E-state index in [0.717, 1.165) is 28.7 Å². The van der Waals surface area contributed by atoms with Crippen LogP contribution in [0.15, 0.2) is 30.6 Å². The van der Waals surface area contributed by atoms with Gasteiger partial charge in [0.25, 0.3) is 0 Å². The molecule has 0 unspecified atom stereocenters. The van der Waals surface area contributed by atoms with Crippen molar-refractivity contribution in [2.45, 2.75) is 19.8 Å². The zero-order chi connectivity index (χ0) is 11.9. The van der Waals surface area contributed by atoms with Crippen molar-refractivity contribution in [3.05, 3.63) is 30.6 Å². The van der Waals surface area contributed by atoms with Crippen molar-refractivity contribution >= 4 is 22.1 Å². The molecule has 0 amide bonds. The number of nitrogen functional groups attached to an aromatic ring is 1. The van der Waals surface area contributed by atoms with E-state index in [2.05, 4.69) is 23.3 Å². The number of nitrogens with one attached hydrogen (secondary N) is 1. The van der Waals surface area contributed by atoms with Crippen LogP contribution in [0.5, 0.6) is 0 Å². The molecule has 0 spiro atoms. The van der Waals surface area contributed by atoms with E-state index >= 15 is 0 Å². The molecular formula is C14H17N3. The summed E-state index contributed by atoms with van der Waals surface area (Å²) in [5, 5.41) is 5.72. The summed E-state index contributed by atoms with van der Waals surface area (Å²) < 4.78 is 0. The van der Waals surface area contributed by atoms with Crippen molar-refractivity contribution in [1.29, 1.82) is 0 Å². The molecule has 3 N–H and O–H groups in total. The maximum Gasteiger partial charge on any atom is 0.0422 e. The van der Waals surface area contributed by atoms with Crippen LogP contribution in [0.25, 0.3) is 10.8 Å². The van der Waals surface area contributed by atoms with Crippen molar-refractivity contribution in [2.75, 3.05) is 17.6 Å². The maximum absolute atomic E-state index is 5.95. The van der Waals surface area contributed by atoms with Gasteiger partial charge < -0.3 is 11.1 Å². The van der Waals surface area contributed by atoms with Crippen molar-refractivity contribution in [1.82, 2.24) is 4.98 Å². The lowest BCUT2D eigenvalue weighted by Crippen LogP contribution is -2.12. The first-order valence-corrected chi connectivity index (χ1v) is 6.04. The molecule has 1 aromatic carbocycles. The molecule has 0 bridgehead atoms. The second-order valence-electron chi connectivity index (χ2n) is 5.29. The van der Waals surface area contributed by atoms with Crippen LogP contribution < -0.4 is 11.1 Å². The lowest BCUT2D eigenvalue weighted by Gasteiger charge is -2.14. The zero-order valence-corrected chi connectivity index (χ0v) is 10.0. The highest BCUT2D eigenvalue weighted by Crippen LogP contribution is 2.45. The molecule has 1 aliphatic rings. The Hall–Kier alpha value is -1.77. The van der Waals surface area contributed by atoms with Gasteiger partial charge in [-0.1, -0.05) is 6.92 Å². The quantitative estimate of drug-likeness (QED) is 0.792. The number of rotatable bonds is 3. The molecular weight excluding hydrogens is 210 g/mol. The Morgan fingerprint density at radius 1 is 1.29 bits per heavy atom. The lowest BCUT2D eigenvalue weighted by molar-refractivity contribution is 0.611. The van der Waals surface area contributed by atoms with E-state index in [1.807, 2.05) is 24.5 Å². The van der Waals surface area contributed by atoms with Gasteiger partial charge in [-0.3, -0.25) is 4.98 Å². The van der Waals surface area contributed by atoms with Crippen molar-refractivity contribution in [2.24, 2.45) is 5.41 Å². The summed E-state index contributed by atoms with van der Waals surface area (Å²) in [7, 11) is 0.